The maximum absolute atomic E-state index is 13.2. The van der Waals surface area contributed by atoms with Gasteiger partial charge in [-0.05, 0) is 63.1 Å². The van der Waals surface area contributed by atoms with Crippen LogP contribution in [0.5, 0.6) is 5.75 Å². The molecule has 2 aromatic rings. The Kier molecular flexibility index (Phi) is 9.97. The topological polar surface area (TPSA) is 162 Å². The second kappa shape index (κ2) is 13.2. The average molecular weight is 558 g/mol. The molecule has 0 spiro atoms. The van der Waals surface area contributed by atoms with Crippen LogP contribution in [0, 0.1) is 22.9 Å². The summed E-state index contributed by atoms with van der Waals surface area (Å²) in [4.78, 5) is 37.0. The number of aryl methyl sites for hydroxylation is 1. The van der Waals surface area contributed by atoms with Gasteiger partial charge in [-0.2, -0.15) is 0 Å². The summed E-state index contributed by atoms with van der Waals surface area (Å²) in [5.74, 6) is -3.72. The van der Waals surface area contributed by atoms with E-state index in [-0.39, 0.29) is 41.4 Å². The first kappa shape index (κ1) is 30.3. The first-order valence-corrected chi connectivity index (χ1v) is 12.6. The van der Waals surface area contributed by atoms with Crippen molar-refractivity contribution in [1.82, 2.24) is 10.2 Å². The van der Waals surface area contributed by atoms with Crippen LogP contribution in [0.4, 0.5) is 10.1 Å². The highest BCUT2D eigenvalue weighted by atomic mass is 19.1. The predicted octanol–water partition coefficient (Wildman–Crippen LogP) is 3.58. The van der Waals surface area contributed by atoms with Gasteiger partial charge in [0.15, 0.2) is 0 Å². The molecule has 0 aromatic heterocycles. The fourth-order valence-corrected chi connectivity index (χ4v) is 4.80. The third kappa shape index (κ3) is 7.01. The molecule has 1 unspecified atom stereocenters. The summed E-state index contributed by atoms with van der Waals surface area (Å²) in [6.45, 7) is 5.81. The van der Waals surface area contributed by atoms with Crippen LogP contribution < -0.4 is 10.1 Å². The summed E-state index contributed by atoms with van der Waals surface area (Å²) < 4.78 is 18.8. The fraction of sp³-hybridized carbons (Fsp3) is 0.357. The number of nitro benzene ring substituents is 1. The molecule has 12 heteroatoms. The third-order valence-corrected chi connectivity index (χ3v) is 6.73. The van der Waals surface area contributed by atoms with Gasteiger partial charge in [-0.25, -0.2) is 14.0 Å². The van der Waals surface area contributed by atoms with Gasteiger partial charge in [0.25, 0.3) is 5.69 Å². The van der Waals surface area contributed by atoms with Crippen molar-refractivity contribution in [2.24, 2.45) is 0 Å². The first-order valence-electron chi connectivity index (χ1n) is 12.6. The lowest BCUT2D eigenvalue weighted by atomic mass is 9.79. The van der Waals surface area contributed by atoms with Crippen molar-refractivity contribution in [3.8, 4) is 5.75 Å². The van der Waals surface area contributed by atoms with Gasteiger partial charge < -0.3 is 30.3 Å². The number of ether oxygens (including phenoxy) is 1. The number of rotatable bonds is 13. The Balaban J connectivity index is 1.67. The number of halogens is 1. The number of allylic oxidation sites excluding steroid dienone is 2. The predicted molar refractivity (Wildman–Crippen MR) is 143 cm³/mol. The number of nitrogens with one attached hydrogen (secondary N) is 1. The van der Waals surface area contributed by atoms with Gasteiger partial charge in [-0.15, -0.1) is 0 Å². The lowest BCUT2D eigenvalue weighted by Crippen LogP contribution is -2.36. The number of benzene rings is 2. The molecule has 0 radical (unpaired) electrons. The molecule has 40 heavy (non-hydrogen) atoms. The SMILES string of the molecule is CC1=C(C(=O)O)C(c2cccc([N+](=O)[O-])c2)C(C(=O)O)=C(C)N1CCCNCC(O)COc1ccc(F)cc1C. The van der Waals surface area contributed by atoms with E-state index in [4.69, 9.17) is 4.74 Å². The van der Waals surface area contributed by atoms with Crippen LogP contribution in [-0.4, -0.2) is 69.4 Å². The van der Waals surface area contributed by atoms with Crippen LogP contribution in [-0.2, 0) is 9.59 Å². The van der Waals surface area contributed by atoms with E-state index < -0.39 is 28.9 Å². The Bertz CT molecular complexity index is 1320. The number of aliphatic hydroxyl groups excluding tert-OH is 1. The summed E-state index contributed by atoms with van der Waals surface area (Å²) >= 11 is 0. The van der Waals surface area contributed by atoms with Gasteiger partial charge >= 0.3 is 11.9 Å². The largest absolute Gasteiger partial charge is 0.491 e. The Morgan fingerprint density at radius 2 is 1.75 bits per heavy atom. The maximum Gasteiger partial charge on any atom is 0.334 e. The van der Waals surface area contributed by atoms with Crippen molar-refractivity contribution in [2.45, 2.75) is 39.2 Å². The number of nitro groups is 1. The number of non-ortho nitro benzene ring substituents is 1. The second-order valence-electron chi connectivity index (χ2n) is 9.48. The zero-order chi connectivity index (χ0) is 29.6. The molecular weight excluding hydrogens is 525 g/mol. The molecule has 0 fully saturated rings. The number of carboxylic acid groups (broad SMARTS) is 2. The quantitative estimate of drug-likeness (QED) is 0.163. The molecule has 2 aromatic carbocycles. The molecule has 11 nitrogen and oxygen atoms in total. The fourth-order valence-electron chi connectivity index (χ4n) is 4.80. The third-order valence-electron chi connectivity index (χ3n) is 6.73. The highest BCUT2D eigenvalue weighted by Crippen LogP contribution is 2.42. The minimum Gasteiger partial charge on any atom is -0.491 e. The molecule has 3 rings (SSSR count). The molecule has 0 bridgehead atoms. The van der Waals surface area contributed by atoms with E-state index in [9.17, 15) is 39.4 Å². The van der Waals surface area contributed by atoms with Crippen molar-refractivity contribution in [3.05, 3.63) is 92.1 Å². The lowest BCUT2D eigenvalue weighted by molar-refractivity contribution is -0.384. The lowest BCUT2D eigenvalue weighted by Gasteiger charge is -2.37. The Morgan fingerprint density at radius 1 is 1.10 bits per heavy atom. The number of hydrogen-bond acceptors (Lipinski definition) is 8. The summed E-state index contributed by atoms with van der Waals surface area (Å²) in [6.07, 6.45) is -0.351. The van der Waals surface area contributed by atoms with E-state index in [0.29, 0.717) is 42.2 Å². The zero-order valence-electron chi connectivity index (χ0n) is 22.4. The number of carboxylic acids is 2. The van der Waals surface area contributed by atoms with Gasteiger partial charge in [-0.3, -0.25) is 10.1 Å². The molecule has 0 saturated heterocycles. The highest BCUT2D eigenvalue weighted by Gasteiger charge is 2.39. The molecule has 214 valence electrons. The number of aliphatic hydroxyl groups is 1. The van der Waals surface area contributed by atoms with Crippen LogP contribution in [0.25, 0.3) is 0 Å². The smallest absolute Gasteiger partial charge is 0.334 e. The highest BCUT2D eigenvalue weighted by molar-refractivity contribution is 5.98. The Labute approximate surface area is 230 Å². The van der Waals surface area contributed by atoms with Crippen molar-refractivity contribution in [2.75, 3.05) is 26.2 Å². The zero-order valence-corrected chi connectivity index (χ0v) is 22.4. The number of aliphatic carboxylic acids is 2. The van der Waals surface area contributed by atoms with Gasteiger partial charge in [0, 0.05) is 36.6 Å². The van der Waals surface area contributed by atoms with Gasteiger partial charge in [0.2, 0.25) is 0 Å². The van der Waals surface area contributed by atoms with Gasteiger partial charge in [-0.1, -0.05) is 12.1 Å². The standard InChI is InChI=1S/C28H32FN3O8/c1-16-12-20(29)8-9-23(16)40-15-22(33)14-30-10-5-11-31-17(2)24(27(34)35)26(25(18(31)3)28(36)37)19-6-4-7-21(13-19)32(38)39/h4,6-9,12-13,22,26,30,33H,5,10-11,14-15H2,1-3H3,(H,34,35)(H,36,37). The van der Waals surface area contributed by atoms with Crippen LogP contribution in [0.15, 0.2) is 65.0 Å². The number of hydrogen-bond donors (Lipinski definition) is 4. The molecule has 1 atom stereocenters. The number of nitrogens with zero attached hydrogens (tertiary/aromatic N) is 2. The van der Waals surface area contributed by atoms with Crippen LogP contribution in [0.3, 0.4) is 0 Å². The van der Waals surface area contributed by atoms with Crippen LogP contribution >= 0.6 is 0 Å². The molecule has 4 N–H and O–H groups in total. The van der Waals surface area contributed by atoms with Gasteiger partial charge in [0.1, 0.15) is 24.3 Å². The van der Waals surface area contributed by atoms with E-state index in [1.807, 2.05) is 0 Å². The van der Waals surface area contributed by atoms with Crippen LogP contribution in [0.1, 0.15) is 37.3 Å². The van der Waals surface area contributed by atoms with E-state index in [1.54, 1.807) is 25.7 Å². The molecule has 1 aliphatic rings. The Morgan fingerprint density at radius 3 is 2.33 bits per heavy atom. The monoisotopic (exact) mass is 557 g/mol. The molecular formula is C28H32FN3O8. The van der Waals surface area contributed by atoms with E-state index in [1.165, 1.54) is 42.5 Å². The molecule has 0 amide bonds. The van der Waals surface area contributed by atoms with Crippen molar-refractivity contribution >= 4 is 17.6 Å². The van der Waals surface area contributed by atoms with E-state index in [0.717, 1.165) is 0 Å². The van der Waals surface area contributed by atoms with Crippen LogP contribution in [0.2, 0.25) is 0 Å². The number of carbonyl (C=O) groups is 2. The average Bonchev–Trinajstić information content (AvgIpc) is 2.88. The van der Waals surface area contributed by atoms with E-state index >= 15 is 0 Å². The molecule has 1 aliphatic heterocycles. The van der Waals surface area contributed by atoms with Gasteiger partial charge in [0.05, 0.1) is 22.0 Å². The molecule has 0 aliphatic carbocycles. The minimum atomic E-state index is -1.32. The van der Waals surface area contributed by atoms with Crippen molar-refractivity contribution in [3.63, 3.8) is 0 Å². The molecule has 1 heterocycles. The summed E-state index contributed by atoms with van der Waals surface area (Å²) in [7, 11) is 0. The first-order chi connectivity index (χ1) is 18.9. The second-order valence-corrected chi connectivity index (χ2v) is 9.48. The summed E-state index contributed by atoms with van der Waals surface area (Å²) in [6, 6.07) is 9.44. The van der Waals surface area contributed by atoms with E-state index in [2.05, 4.69) is 5.32 Å². The van der Waals surface area contributed by atoms with Crippen molar-refractivity contribution in [1.29, 1.82) is 0 Å². The summed E-state index contributed by atoms with van der Waals surface area (Å²) in [5.41, 5.74) is 0.902. The normalized spacial score (nSPS) is 14.9. The molecule has 0 saturated carbocycles. The van der Waals surface area contributed by atoms with Crippen molar-refractivity contribution < 1.29 is 39.0 Å². The minimum absolute atomic E-state index is 0.00172. The Hall–Kier alpha value is -4.29. The summed E-state index contributed by atoms with van der Waals surface area (Å²) in [5, 5.41) is 44.7. The maximum atomic E-state index is 13.2.